The number of nitro benzene ring substituents is 1. The molecule has 0 aromatic heterocycles. The number of carbonyl (C=O) groups excluding carboxylic acids is 1. The van der Waals surface area contributed by atoms with Crippen LogP contribution in [0.3, 0.4) is 0 Å². The molecule has 0 aliphatic carbocycles. The maximum Gasteiger partial charge on any atom is 0.343 e. The van der Waals surface area contributed by atoms with Gasteiger partial charge in [-0.25, -0.2) is 4.79 Å². The Hall–Kier alpha value is -1.63. The minimum atomic E-state index is -0.765. The van der Waals surface area contributed by atoms with Crippen molar-refractivity contribution in [1.29, 1.82) is 0 Å². The molecule has 5 nitrogen and oxygen atoms in total. The van der Waals surface area contributed by atoms with E-state index in [4.69, 9.17) is 27.9 Å². The Balaban J connectivity index is 2.28. The molecule has 8 heteroatoms. The highest BCUT2D eigenvalue weighted by molar-refractivity contribution is 9.10. The van der Waals surface area contributed by atoms with Crippen LogP contribution in [0, 0.1) is 10.1 Å². The molecule has 0 N–H and O–H groups in total. The lowest BCUT2D eigenvalue weighted by Gasteiger charge is -2.06. The summed E-state index contributed by atoms with van der Waals surface area (Å²) >= 11 is 14.8. The molecule has 0 spiro atoms. The number of ether oxygens (including phenoxy) is 1. The maximum atomic E-state index is 12.0. The average Bonchev–Trinajstić information content (AvgIpc) is 2.42. The topological polar surface area (TPSA) is 69.4 Å². The number of nitrogens with zero attached hydrogens (tertiary/aromatic N) is 1. The molecule has 0 atom stereocenters. The van der Waals surface area contributed by atoms with Gasteiger partial charge in [-0.05, 0) is 30.3 Å². The maximum absolute atomic E-state index is 12.0. The minimum absolute atomic E-state index is 0.00471. The van der Waals surface area contributed by atoms with Crippen molar-refractivity contribution in [1.82, 2.24) is 0 Å². The summed E-state index contributed by atoms with van der Waals surface area (Å²) in [7, 11) is 0. The van der Waals surface area contributed by atoms with Gasteiger partial charge >= 0.3 is 5.97 Å². The fourth-order valence-electron chi connectivity index (χ4n) is 1.50. The van der Waals surface area contributed by atoms with Crippen LogP contribution in [-0.2, 0) is 0 Å². The molecule has 0 aliphatic rings. The molecule has 0 radical (unpaired) electrons. The lowest BCUT2D eigenvalue weighted by Crippen LogP contribution is -2.09. The molecular formula is C13H6BrCl2NO4. The molecular weight excluding hydrogens is 385 g/mol. The average molecular weight is 391 g/mol. The smallest absolute Gasteiger partial charge is 0.343 e. The van der Waals surface area contributed by atoms with Crippen LogP contribution in [0.5, 0.6) is 5.75 Å². The first-order chi connectivity index (χ1) is 9.88. The van der Waals surface area contributed by atoms with Gasteiger partial charge in [0, 0.05) is 10.5 Å². The first-order valence-electron chi connectivity index (χ1n) is 5.49. The normalized spacial score (nSPS) is 10.2. The van der Waals surface area contributed by atoms with E-state index in [1.54, 1.807) is 12.1 Å². The van der Waals surface area contributed by atoms with Crippen molar-refractivity contribution in [2.75, 3.05) is 0 Å². The second-order valence-electron chi connectivity index (χ2n) is 3.89. The summed E-state index contributed by atoms with van der Waals surface area (Å²) in [6, 6.07) is 8.38. The Morgan fingerprint density at radius 1 is 1.14 bits per heavy atom. The third kappa shape index (κ3) is 3.72. The SMILES string of the molecule is O=C(Oc1ccc(Br)cc1Cl)c1ccc(Cl)c([N+](=O)[O-])c1. The zero-order valence-electron chi connectivity index (χ0n) is 10.2. The van der Waals surface area contributed by atoms with Crippen LogP contribution in [-0.4, -0.2) is 10.9 Å². The zero-order chi connectivity index (χ0) is 15.6. The van der Waals surface area contributed by atoms with Crippen LogP contribution in [0.1, 0.15) is 10.4 Å². The second-order valence-corrected chi connectivity index (χ2v) is 5.62. The van der Waals surface area contributed by atoms with Crippen molar-refractivity contribution in [3.63, 3.8) is 0 Å². The Morgan fingerprint density at radius 2 is 1.86 bits per heavy atom. The van der Waals surface area contributed by atoms with E-state index in [1.807, 2.05) is 0 Å². The van der Waals surface area contributed by atoms with E-state index in [-0.39, 0.29) is 27.0 Å². The first kappa shape index (κ1) is 15.8. The Kier molecular flexibility index (Phi) is 4.82. The molecule has 0 heterocycles. The van der Waals surface area contributed by atoms with E-state index in [0.29, 0.717) is 0 Å². The van der Waals surface area contributed by atoms with Gasteiger partial charge in [0.2, 0.25) is 0 Å². The zero-order valence-corrected chi connectivity index (χ0v) is 13.3. The van der Waals surface area contributed by atoms with Crippen molar-refractivity contribution in [2.24, 2.45) is 0 Å². The minimum Gasteiger partial charge on any atom is -0.421 e. The molecule has 0 fully saturated rings. The number of nitro groups is 1. The van der Waals surface area contributed by atoms with Crippen molar-refractivity contribution in [2.45, 2.75) is 0 Å². The second kappa shape index (κ2) is 6.43. The highest BCUT2D eigenvalue weighted by Crippen LogP contribution is 2.29. The van der Waals surface area contributed by atoms with Gasteiger partial charge < -0.3 is 4.74 Å². The van der Waals surface area contributed by atoms with Crippen molar-refractivity contribution in [3.8, 4) is 5.75 Å². The monoisotopic (exact) mass is 389 g/mol. The molecule has 0 unspecified atom stereocenters. The van der Waals surface area contributed by atoms with Gasteiger partial charge in [-0.1, -0.05) is 39.1 Å². The molecule has 0 saturated carbocycles. The van der Waals surface area contributed by atoms with Crippen molar-refractivity contribution in [3.05, 3.63) is 66.6 Å². The Morgan fingerprint density at radius 3 is 2.48 bits per heavy atom. The van der Waals surface area contributed by atoms with Crippen LogP contribution in [0.25, 0.3) is 0 Å². The molecule has 0 saturated heterocycles. The van der Waals surface area contributed by atoms with E-state index in [0.717, 1.165) is 10.5 Å². The van der Waals surface area contributed by atoms with Gasteiger partial charge in [0.1, 0.15) is 10.8 Å². The fraction of sp³-hybridized carbons (Fsp3) is 0. The van der Waals surface area contributed by atoms with Crippen LogP contribution in [0.4, 0.5) is 5.69 Å². The summed E-state index contributed by atoms with van der Waals surface area (Å²) in [5.74, 6) is -0.610. The number of halogens is 3. The highest BCUT2D eigenvalue weighted by Gasteiger charge is 2.18. The first-order valence-corrected chi connectivity index (χ1v) is 7.04. The predicted octanol–water partition coefficient (Wildman–Crippen LogP) is 4.88. The summed E-state index contributed by atoms with van der Waals surface area (Å²) < 4.78 is 5.83. The summed E-state index contributed by atoms with van der Waals surface area (Å²) in [5, 5.41) is 11.0. The van der Waals surface area contributed by atoms with Gasteiger partial charge in [-0.15, -0.1) is 0 Å². The molecule has 0 amide bonds. The standard InChI is InChI=1S/C13H6BrCl2NO4/c14-8-2-4-12(10(16)6-8)21-13(18)7-1-3-9(15)11(5-7)17(19)20/h1-6H. The van der Waals surface area contributed by atoms with Gasteiger partial charge in [0.05, 0.1) is 15.5 Å². The van der Waals surface area contributed by atoms with Gasteiger partial charge in [0.25, 0.3) is 5.69 Å². The van der Waals surface area contributed by atoms with Crippen LogP contribution in [0.2, 0.25) is 10.0 Å². The summed E-state index contributed by atoms with van der Waals surface area (Å²) in [4.78, 5) is 22.1. The Bertz CT molecular complexity index is 736. The lowest BCUT2D eigenvalue weighted by atomic mass is 10.2. The van der Waals surface area contributed by atoms with Crippen molar-refractivity contribution < 1.29 is 14.5 Å². The molecule has 21 heavy (non-hydrogen) atoms. The van der Waals surface area contributed by atoms with Crippen molar-refractivity contribution >= 4 is 50.8 Å². The fourth-order valence-corrected chi connectivity index (χ4v) is 2.39. The third-order valence-corrected chi connectivity index (χ3v) is 3.58. The van der Waals surface area contributed by atoms with E-state index >= 15 is 0 Å². The molecule has 2 aromatic carbocycles. The Labute approximate surface area is 137 Å². The quantitative estimate of drug-likeness (QED) is 0.324. The summed E-state index contributed by atoms with van der Waals surface area (Å²) in [6.07, 6.45) is 0. The van der Waals surface area contributed by atoms with E-state index in [1.165, 1.54) is 18.2 Å². The van der Waals surface area contributed by atoms with Gasteiger partial charge in [0.15, 0.2) is 0 Å². The van der Waals surface area contributed by atoms with E-state index < -0.39 is 10.9 Å². The number of hydrogen-bond donors (Lipinski definition) is 0. The third-order valence-electron chi connectivity index (χ3n) is 2.48. The highest BCUT2D eigenvalue weighted by atomic mass is 79.9. The number of rotatable bonds is 3. The van der Waals surface area contributed by atoms with Gasteiger partial charge in [-0.3, -0.25) is 10.1 Å². The summed E-state index contributed by atoms with van der Waals surface area (Å²) in [6.45, 7) is 0. The largest absolute Gasteiger partial charge is 0.421 e. The summed E-state index contributed by atoms with van der Waals surface area (Å²) in [5.41, 5.74) is -0.363. The van der Waals surface area contributed by atoms with Crippen LogP contribution < -0.4 is 4.74 Å². The van der Waals surface area contributed by atoms with Crippen LogP contribution in [0.15, 0.2) is 40.9 Å². The number of hydrogen-bond acceptors (Lipinski definition) is 4. The number of esters is 1. The molecule has 2 aromatic rings. The van der Waals surface area contributed by atoms with E-state index in [2.05, 4.69) is 15.9 Å². The number of carbonyl (C=O) groups is 1. The van der Waals surface area contributed by atoms with Gasteiger partial charge in [-0.2, -0.15) is 0 Å². The molecule has 108 valence electrons. The number of benzene rings is 2. The lowest BCUT2D eigenvalue weighted by molar-refractivity contribution is -0.384. The molecule has 0 aliphatic heterocycles. The molecule has 2 rings (SSSR count). The van der Waals surface area contributed by atoms with E-state index in [9.17, 15) is 14.9 Å². The van der Waals surface area contributed by atoms with Crippen LogP contribution >= 0.6 is 39.1 Å². The predicted molar refractivity (Wildman–Crippen MR) is 82.2 cm³/mol. The molecule has 0 bridgehead atoms.